The van der Waals surface area contributed by atoms with Crippen LogP contribution in [-0.4, -0.2) is 25.7 Å². The van der Waals surface area contributed by atoms with E-state index in [2.05, 4.69) is 5.32 Å². The third-order valence-electron chi connectivity index (χ3n) is 3.10. The molecule has 0 unspecified atom stereocenters. The number of anilines is 1. The van der Waals surface area contributed by atoms with Crippen molar-refractivity contribution in [2.24, 2.45) is 0 Å². The Bertz CT molecular complexity index is 605. The summed E-state index contributed by atoms with van der Waals surface area (Å²) < 4.78 is 5.54. The minimum absolute atomic E-state index is 0.142. The van der Waals surface area contributed by atoms with Gasteiger partial charge in [-0.2, -0.15) is 0 Å². The van der Waals surface area contributed by atoms with Crippen molar-refractivity contribution in [3.63, 3.8) is 0 Å². The minimum Gasteiger partial charge on any atom is -0.490 e. The van der Waals surface area contributed by atoms with Crippen molar-refractivity contribution in [2.75, 3.05) is 24.6 Å². The zero-order valence-electron chi connectivity index (χ0n) is 12.5. The van der Waals surface area contributed by atoms with Gasteiger partial charge in [-0.05, 0) is 31.2 Å². The molecule has 1 N–H and O–H groups in total. The number of ether oxygens (including phenoxy) is 1. The first-order valence-electron chi connectivity index (χ1n) is 7.20. The van der Waals surface area contributed by atoms with Gasteiger partial charge < -0.3 is 10.1 Å². The molecule has 0 aliphatic carbocycles. The Morgan fingerprint density at radius 2 is 1.82 bits per heavy atom. The lowest BCUT2D eigenvalue weighted by Gasteiger charge is -2.21. The van der Waals surface area contributed by atoms with Gasteiger partial charge in [0.1, 0.15) is 12.4 Å². The van der Waals surface area contributed by atoms with E-state index in [0.29, 0.717) is 30.5 Å². The second-order valence-electron chi connectivity index (χ2n) is 4.59. The van der Waals surface area contributed by atoms with E-state index in [-0.39, 0.29) is 6.03 Å². The Morgan fingerprint density at radius 1 is 1.14 bits per heavy atom. The third-order valence-corrected chi connectivity index (χ3v) is 3.41. The molecule has 0 atom stereocenters. The number of nitrogens with zero attached hydrogens (tertiary/aromatic N) is 1. The van der Waals surface area contributed by atoms with E-state index in [4.69, 9.17) is 16.3 Å². The largest absolute Gasteiger partial charge is 0.490 e. The standard InChI is InChI=1S/C17H19ClN2O2/c1-2-20(14-8-4-3-5-9-14)17(21)19-12-13-22-16-11-7-6-10-15(16)18/h3-11H,2,12-13H2,1H3,(H,19,21). The van der Waals surface area contributed by atoms with Crippen LogP contribution in [0.15, 0.2) is 54.6 Å². The van der Waals surface area contributed by atoms with Crippen molar-refractivity contribution in [1.29, 1.82) is 0 Å². The number of benzene rings is 2. The topological polar surface area (TPSA) is 41.6 Å². The number of hydrogen-bond donors (Lipinski definition) is 1. The minimum atomic E-state index is -0.142. The molecule has 0 aliphatic rings. The Morgan fingerprint density at radius 3 is 2.50 bits per heavy atom. The molecule has 0 heterocycles. The predicted molar refractivity (Wildman–Crippen MR) is 89.8 cm³/mol. The van der Waals surface area contributed by atoms with Crippen molar-refractivity contribution >= 4 is 23.3 Å². The fraction of sp³-hybridized carbons (Fsp3) is 0.235. The lowest BCUT2D eigenvalue weighted by atomic mass is 10.3. The van der Waals surface area contributed by atoms with Gasteiger partial charge in [0, 0.05) is 12.2 Å². The van der Waals surface area contributed by atoms with Gasteiger partial charge in [-0.25, -0.2) is 4.79 Å². The van der Waals surface area contributed by atoms with Crippen LogP contribution in [0.1, 0.15) is 6.92 Å². The smallest absolute Gasteiger partial charge is 0.321 e. The van der Waals surface area contributed by atoms with Crippen molar-refractivity contribution in [3.05, 3.63) is 59.6 Å². The number of amides is 2. The van der Waals surface area contributed by atoms with Crippen molar-refractivity contribution in [1.82, 2.24) is 5.32 Å². The lowest BCUT2D eigenvalue weighted by molar-refractivity contribution is 0.242. The first-order chi connectivity index (χ1) is 10.7. The quantitative estimate of drug-likeness (QED) is 0.819. The van der Waals surface area contributed by atoms with Crippen LogP contribution in [0.2, 0.25) is 5.02 Å². The molecule has 22 heavy (non-hydrogen) atoms. The maximum atomic E-state index is 12.2. The molecular weight excluding hydrogens is 300 g/mol. The molecular formula is C17H19ClN2O2. The van der Waals surface area contributed by atoms with Crippen LogP contribution < -0.4 is 15.0 Å². The molecule has 0 saturated carbocycles. The summed E-state index contributed by atoms with van der Waals surface area (Å²) in [4.78, 5) is 13.9. The second-order valence-corrected chi connectivity index (χ2v) is 5.00. The summed E-state index contributed by atoms with van der Waals surface area (Å²) in [6.07, 6.45) is 0. The number of para-hydroxylation sites is 2. The monoisotopic (exact) mass is 318 g/mol. The summed E-state index contributed by atoms with van der Waals surface area (Å²) in [5, 5.41) is 3.40. The number of urea groups is 1. The molecule has 0 aliphatic heterocycles. The normalized spacial score (nSPS) is 10.1. The third kappa shape index (κ3) is 4.40. The SMILES string of the molecule is CCN(C(=O)NCCOc1ccccc1Cl)c1ccccc1. The second kappa shape index (κ2) is 8.29. The molecule has 4 nitrogen and oxygen atoms in total. The van der Waals surface area contributed by atoms with E-state index in [9.17, 15) is 4.79 Å². The van der Waals surface area contributed by atoms with Crippen LogP contribution in [-0.2, 0) is 0 Å². The molecule has 5 heteroatoms. The van der Waals surface area contributed by atoms with Crippen LogP contribution in [0.5, 0.6) is 5.75 Å². The highest BCUT2D eigenvalue weighted by atomic mass is 35.5. The number of halogens is 1. The zero-order valence-corrected chi connectivity index (χ0v) is 13.2. The van der Waals surface area contributed by atoms with Crippen molar-refractivity contribution in [2.45, 2.75) is 6.92 Å². The maximum Gasteiger partial charge on any atom is 0.321 e. The Kier molecular flexibility index (Phi) is 6.10. The van der Waals surface area contributed by atoms with E-state index < -0.39 is 0 Å². The summed E-state index contributed by atoms with van der Waals surface area (Å²) in [6.45, 7) is 3.31. The molecule has 0 radical (unpaired) electrons. The molecule has 0 bridgehead atoms. The lowest BCUT2D eigenvalue weighted by Crippen LogP contribution is -2.41. The first-order valence-corrected chi connectivity index (χ1v) is 7.58. The van der Waals surface area contributed by atoms with Gasteiger partial charge in [0.15, 0.2) is 0 Å². The Balaban J connectivity index is 1.81. The highest BCUT2D eigenvalue weighted by Crippen LogP contribution is 2.22. The molecule has 0 fully saturated rings. The average Bonchev–Trinajstić information content (AvgIpc) is 2.55. The first kappa shape index (κ1) is 16.2. The van der Waals surface area contributed by atoms with Crippen LogP contribution in [0.25, 0.3) is 0 Å². The van der Waals surface area contributed by atoms with E-state index in [1.54, 1.807) is 17.0 Å². The Labute approximate surface area is 135 Å². The molecule has 0 saturated heterocycles. The highest BCUT2D eigenvalue weighted by molar-refractivity contribution is 6.32. The van der Waals surface area contributed by atoms with Gasteiger partial charge in [-0.3, -0.25) is 4.90 Å². The fourth-order valence-corrected chi connectivity index (χ4v) is 2.22. The van der Waals surface area contributed by atoms with Gasteiger partial charge in [0.2, 0.25) is 0 Å². The Hall–Kier alpha value is -2.20. The van der Waals surface area contributed by atoms with Crippen molar-refractivity contribution in [3.8, 4) is 5.75 Å². The maximum absolute atomic E-state index is 12.2. The predicted octanol–water partition coefficient (Wildman–Crippen LogP) is 3.95. The van der Waals surface area contributed by atoms with Gasteiger partial charge in [-0.1, -0.05) is 41.9 Å². The summed E-state index contributed by atoms with van der Waals surface area (Å²) in [5.41, 5.74) is 0.870. The molecule has 2 amide bonds. The number of carbonyl (C=O) groups excluding carboxylic acids is 1. The van der Waals surface area contributed by atoms with Gasteiger partial charge in [0.25, 0.3) is 0 Å². The van der Waals surface area contributed by atoms with Crippen LogP contribution in [0, 0.1) is 0 Å². The molecule has 0 spiro atoms. The van der Waals surface area contributed by atoms with Gasteiger partial charge in [0.05, 0.1) is 11.6 Å². The number of hydrogen-bond acceptors (Lipinski definition) is 2. The van der Waals surface area contributed by atoms with E-state index in [1.807, 2.05) is 49.4 Å². The number of rotatable bonds is 6. The number of nitrogens with one attached hydrogen (secondary N) is 1. The summed E-state index contributed by atoms with van der Waals surface area (Å²) in [6, 6.07) is 16.7. The van der Waals surface area contributed by atoms with Gasteiger partial charge >= 0.3 is 6.03 Å². The summed E-state index contributed by atoms with van der Waals surface area (Å²) in [5.74, 6) is 0.619. The average molecular weight is 319 g/mol. The molecule has 2 rings (SSSR count). The highest BCUT2D eigenvalue weighted by Gasteiger charge is 2.12. The summed E-state index contributed by atoms with van der Waals surface area (Å²) in [7, 11) is 0. The van der Waals surface area contributed by atoms with Crippen LogP contribution in [0.4, 0.5) is 10.5 Å². The van der Waals surface area contributed by atoms with E-state index in [1.165, 1.54) is 0 Å². The molecule has 2 aromatic carbocycles. The van der Waals surface area contributed by atoms with Gasteiger partial charge in [-0.15, -0.1) is 0 Å². The zero-order chi connectivity index (χ0) is 15.8. The van der Waals surface area contributed by atoms with Crippen LogP contribution >= 0.6 is 11.6 Å². The van der Waals surface area contributed by atoms with Crippen molar-refractivity contribution < 1.29 is 9.53 Å². The van der Waals surface area contributed by atoms with E-state index >= 15 is 0 Å². The van der Waals surface area contributed by atoms with Crippen LogP contribution in [0.3, 0.4) is 0 Å². The molecule has 2 aromatic rings. The van der Waals surface area contributed by atoms with E-state index in [0.717, 1.165) is 5.69 Å². The molecule has 116 valence electrons. The fourth-order valence-electron chi connectivity index (χ4n) is 2.03. The number of carbonyl (C=O) groups is 1. The summed E-state index contributed by atoms with van der Waals surface area (Å²) >= 11 is 6.00. The molecule has 0 aromatic heterocycles.